The van der Waals surface area contributed by atoms with E-state index in [1.807, 2.05) is 48.3 Å². The maximum absolute atomic E-state index is 13.7. The standard InChI is InChI=1S/C35H38N6O3/c1-39-33-27(14-24(16-30(33)44-2)35(43)41-18-22-12-13-28(41)31(22)36)38-34(39)29-15-21-7-5-9-26(32(21)40(29)17-20-10-11-20)37-25-8-4-3-6-23(25)19-42/h3-9,14-16,20,22,28,31,37,42H,10-13,17-19,36H2,1-2H3/t22-,28-,31?/m1/s1. The predicted octanol–water partition coefficient (Wildman–Crippen LogP) is 5.41. The Labute approximate surface area is 256 Å². The minimum Gasteiger partial charge on any atom is -0.494 e. The number of nitrogens with one attached hydrogen (secondary N) is 1. The molecule has 1 aliphatic heterocycles. The largest absolute Gasteiger partial charge is 0.494 e. The highest BCUT2D eigenvalue weighted by Crippen LogP contribution is 2.41. The van der Waals surface area contributed by atoms with Crippen molar-refractivity contribution in [3.63, 3.8) is 0 Å². The lowest BCUT2D eigenvalue weighted by molar-refractivity contribution is 0.0700. The fraction of sp³-hybridized carbons (Fsp3) is 0.371. The van der Waals surface area contributed by atoms with Gasteiger partial charge in [-0.05, 0) is 67.9 Å². The Balaban J connectivity index is 1.25. The summed E-state index contributed by atoms with van der Waals surface area (Å²) in [5, 5.41) is 14.7. The average molecular weight is 591 g/mol. The minimum absolute atomic E-state index is 0.00165. The molecule has 0 radical (unpaired) electrons. The molecule has 3 aliphatic rings. The number of methoxy groups -OCH3 is 1. The molecule has 9 heteroatoms. The van der Waals surface area contributed by atoms with Gasteiger partial charge >= 0.3 is 0 Å². The number of fused-ring (bicyclic) bond motifs is 4. The molecule has 2 saturated carbocycles. The number of aryl methyl sites for hydroxylation is 1. The third-order valence-electron chi connectivity index (χ3n) is 10.1. The smallest absolute Gasteiger partial charge is 0.254 e. The van der Waals surface area contributed by atoms with E-state index in [1.165, 1.54) is 12.8 Å². The zero-order valence-electron chi connectivity index (χ0n) is 25.2. The maximum atomic E-state index is 13.7. The van der Waals surface area contributed by atoms with Gasteiger partial charge in [-0.2, -0.15) is 0 Å². The lowest BCUT2D eigenvalue weighted by Gasteiger charge is -2.27. The van der Waals surface area contributed by atoms with E-state index >= 15 is 0 Å². The van der Waals surface area contributed by atoms with E-state index in [0.717, 1.165) is 76.3 Å². The molecule has 5 aromatic rings. The number of carbonyl (C=O) groups is 1. The molecule has 1 amide bonds. The number of hydrogen-bond donors (Lipinski definition) is 3. The Morgan fingerprint density at radius 2 is 1.86 bits per heavy atom. The number of carbonyl (C=O) groups excluding carboxylic acids is 1. The minimum atomic E-state index is -0.0362. The summed E-state index contributed by atoms with van der Waals surface area (Å²) in [5.74, 6) is 2.47. The van der Waals surface area contributed by atoms with Crippen LogP contribution in [0, 0.1) is 11.8 Å². The number of amides is 1. The Kier molecular flexibility index (Phi) is 6.43. The summed E-state index contributed by atoms with van der Waals surface area (Å²) in [4.78, 5) is 20.9. The van der Waals surface area contributed by atoms with Crippen LogP contribution in [-0.4, -0.2) is 55.8 Å². The van der Waals surface area contributed by atoms with Gasteiger partial charge in [0.25, 0.3) is 5.91 Å². The van der Waals surface area contributed by atoms with Gasteiger partial charge in [0, 0.05) is 54.4 Å². The van der Waals surface area contributed by atoms with E-state index in [1.54, 1.807) is 7.11 Å². The van der Waals surface area contributed by atoms with Crippen LogP contribution in [0.1, 0.15) is 41.6 Å². The Morgan fingerprint density at radius 1 is 1.05 bits per heavy atom. The van der Waals surface area contributed by atoms with E-state index < -0.39 is 0 Å². The molecule has 9 nitrogen and oxygen atoms in total. The second-order valence-electron chi connectivity index (χ2n) is 12.7. The summed E-state index contributed by atoms with van der Waals surface area (Å²) in [5.41, 5.74) is 13.5. The van der Waals surface area contributed by atoms with Crippen LogP contribution in [-0.2, 0) is 20.2 Å². The first-order chi connectivity index (χ1) is 21.4. The van der Waals surface area contributed by atoms with Crippen molar-refractivity contribution in [1.82, 2.24) is 19.0 Å². The number of anilines is 2. The molecule has 3 aromatic carbocycles. The molecule has 1 saturated heterocycles. The number of benzene rings is 3. The fourth-order valence-electron chi connectivity index (χ4n) is 7.55. The molecule has 3 fully saturated rings. The summed E-state index contributed by atoms with van der Waals surface area (Å²) >= 11 is 0. The molecule has 2 aliphatic carbocycles. The third kappa shape index (κ3) is 4.29. The average Bonchev–Trinajstić information content (AvgIpc) is 3.42. The number of likely N-dealkylation sites (tertiary alicyclic amines) is 1. The molecule has 2 bridgehead atoms. The molecule has 226 valence electrons. The van der Waals surface area contributed by atoms with Gasteiger partial charge in [0.1, 0.15) is 11.3 Å². The SMILES string of the molecule is COc1cc(C(=O)N2C[C@H]3CC[C@@H]2C3N)cc2nc(-c3cc4cccc(Nc5ccccc5CO)c4n3CC3CC3)n(C)c12. The van der Waals surface area contributed by atoms with Crippen LogP contribution in [0.2, 0.25) is 0 Å². The Bertz CT molecular complexity index is 1920. The lowest BCUT2D eigenvalue weighted by Crippen LogP contribution is -2.41. The summed E-state index contributed by atoms with van der Waals surface area (Å²) in [6, 6.07) is 20.3. The topological polar surface area (TPSA) is 111 Å². The van der Waals surface area contributed by atoms with Gasteiger partial charge < -0.3 is 34.9 Å². The molecule has 44 heavy (non-hydrogen) atoms. The lowest BCUT2D eigenvalue weighted by atomic mass is 10.1. The second kappa shape index (κ2) is 10.4. The van der Waals surface area contributed by atoms with Crippen LogP contribution in [0.3, 0.4) is 0 Å². The van der Waals surface area contributed by atoms with Crippen molar-refractivity contribution in [2.75, 3.05) is 19.0 Å². The van der Waals surface area contributed by atoms with Crippen LogP contribution in [0.4, 0.5) is 11.4 Å². The van der Waals surface area contributed by atoms with Crippen molar-refractivity contribution in [3.8, 4) is 17.3 Å². The van der Waals surface area contributed by atoms with Crippen molar-refractivity contribution in [2.45, 2.75) is 50.9 Å². The van der Waals surface area contributed by atoms with Crippen LogP contribution in [0.25, 0.3) is 33.5 Å². The molecule has 0 spiro atoms. The van der Waals surface area contributed by atoms with Crippen LogP contribution < -0.4 is 15.8 Å². The molecule has 3 heterocycles. The third-order valence-corrected chi connectivity index (χ3v) is 10.1. The summed E-state index contributed by atoms with van der Waals surface area (Å²) in [7, 11) is 3.67. The number of nitrogens with two attached hydrogens (primary N) is 1. The van der Waals surface area contributed by atoms with E-state index in [0.29, 0.717) is 23.1 Å². The van der Waals surface area contributed by atoms with Gasteiger partial charge in [0.2, 0.25) is 0 Å². The first-order valence-corrected chi connectivity index (χ1v) is 15.6. The molecule has 4 N–H and O–H groups in total. The monoisotopic (exact) mass is 590 g/mol. The molecular weight excluding hydrogens is 552 g/mol. The number of aliphatic hydroxyl groups is 1. The summed E-state index contributed by atoms with van der Waals surface area (Å²) < 4.78 is 10.3. The van der Waals surface area contributed by atoms with Crippen molar-refractivity contribution in [3.05, 3.63) is 71.8 Å². The predicted molar refractivity (Wildman–Crippen MR) is 172 cm³/mol. The molecule has 8 rings (SSSR count). The number of hydrogen-bond acceptors (Lipinski definition) is 6. The highest BCUT2D eigenvalue weighted by Gasteiger charge is 2.47. The number of rotatable bonds is 8. The molecule has 3 atom stereocenters. The second-order valence-corrected chi connectivity index (χ2v) is 12.7. The zero-order valence-corrected chi connectivity index (χ0v) is 25.2. The number of aliphatic hydroxyl groups excluding tert-OH is 1. The van der Waals surface area contributed by atoms with Gasteiger partial charge in [-0.15, -0.1) is 0 Å². The van der Waals surface area contributed by atoms with Crippen LogP contribution in [0.5, 0.6) is 5.75 Å². The fourth-order valence-corrected chi connectivity index (χ4v) is 7.55. The number of piperidine rings is 1. The molecule has 2 aromatic heterocycles. The number of aromatic nitrogens is 3. The number of nitrogens with zero attached hydrogens (tertiary/aromatic N) is 4. The molecule has 1 unspecified atom stereocenters. The summed E-state index contributed by atoms with van der Waals surface area (Å²) in [6.07, 6.45) is 4.50. The highest BCUT2D eigenvalue weighted by atomic mass is 16.5. The number of imidazole rings is 1. The Morgan fingerprint density at radius 3 is 2.59 bits per heavy atom. The number of para-hydroxylation sites is 2. The first-order valence-electron chi connectivity index (χ1n) is 15.6. The van der Waals surface area contributed by atoms with Crippen molar-refractivity contribution >= 4 is 39.2 Å². The van der Waals surface area contributed by atoms with Gasteiger partial charge in [-0.3, -0.25) is 4.79 Å². The van der Waals surface area contributed by atoms with Crippen LogP contribution in [0.15, 0.2) is 60.7 Å². The van der Waals surface area contributed by atoms with Crippen molar-refractivity contribution in [2.24, 2.45) is 24.6 Å². The number of ether oxygens (including phenoxy) is 1. The van der Waals surface area contributed by atoms with E-state index in [2.05, 4.69) is 38.7 Å². The quantitative estimate of drug-likeness (QED) is 0.223. The van der Waals surface area contributed by atoms with E-state index in [9.17, 15) is 9.90 Å². The van der Waals surface area contributed by atoms with Crippen molar-refractivity contribution in [1.29, 1.82) is 0 Å². The normalized spacial score (nSPS) is 21.1. The van der Waals surface area contributed by atoms with E-state index in [-0.39, 0.29) is 24.6 Å². The van der Waals surface area contributed by atoms with Crippen LogP contribution >= 0.6 is 0 Å². The zero-order chi connectivity index (χ0) is 30.1. The van der Waals surface area contributed by atoms with Gasteiger partial charge in [0.05, 0.1) is 36.1 Å². The Hall–Kier alpha value is -4.34. The van der Waals surface area contributed by atoms with Gasteiger partial charge in [-0.25, -0.2) is 4.98 Å². The van der Waals surface area contributed by atoms with Gasteiger partial charge in [-0.1, -0.05) is 30.3 Å². The first kappa shape index (κ1) is 27.2. The highest BCUT2D eigenvalue weighted by molar-refractivity contribution is 6.01. The molecular formula is C35H38N6O3. The summed E-state index contributed by atoms with van der Waals surface area (Å²) in [6.45, 7) is 1.57. The van der Waals surface area contributed by atoms with Gasteiger partial charge in [0.15, 0.2) is 5.82 Å². The van der Waals surface area contributed by atoms with Crippen molar-refractivity contribution < 1.29 is 14.6 Å². The maximum Gasteiger partial charge on any atom is 0.254 e. The van der Waals surface area contributed by atoms with E-state index in [4.69, 9.17) is 15.5 Å².